The lowest BCUT2D eigenvalue weighted by molar-refractivity contribution is -0.144. The lowest BCUT2D eigenvalue weighted by Crippen LogP contribution is -2.54. The molecule has 1 aromatic heterocycles. The average molecular weight is 475 g/mol. The van der Waals surface area contributed by atoms with Gasteiger partial charge in [-0.05, 0) is 31.5 Å². The number of alkyl halides is 2. The van der Waals surface area contributed by atoms with Crippen molar-refractivity contribution in [2.24, 2.45) is 0 Å². The summed E-state index contributed by atoms with van der Waals surface area (Å²) < 4.78 is 41.9. The molecular formula is C24H27F2N3O5. The molecule has 3 heterocycles. The molecule has 182 valence electrons. The minimum atomic E-state index is -3.01. The van der Waals surface area contributed by atoms with Crippen LogP contribution in [0, 0.1) is 6.92 Å². The summed E-state index contributed by atoms with van der Waals surface area (Å²) in [6.07, 6.45) is -0.405. The second-order valence-corrected chi connectivity index (χ2v) is 8.43. The SMILES string of the molecule is Cc1ccc(OC(F)F)c(CN2C(=O)[C@@H](C)OC23CCN(C(=O)OCc2ccccc2)CC3)n1. The molecule has 0 saturated carbocycles. The van der Waals surface area contributed by atoms with Crippen LogP contribution in [0.25, 0.3) is 0 Å². The smallest absolute Gasteiger partial charge is 0.410 e. The van der Waals surface area contributed by atoms with E-state index in [0.717, 1.165) is 5.56 Å². The summed E-state index contributed by atoms with van der Waals surface area (Å²) in [5.74, 6) is -0.337. The molecule has 2 aliphatic rings. The van der Waals surface area contributed by atoms with Crippen LogP contribution in [0.15, 0.2) is 42.5 Å². The van der Waals surface area contributed by atoms with Gasteiger partial charge in [-0.15, -0.1) is 0 Å². The summed E-state index contributed by atoms with van der Waals surface area (Å²) in [5, 5.41) is 0. The molecule has 0 N–H and O–H groups in total. The lowest BCUT2D eigenvalue weighted by atomic mass is 9.98. The number of benzene rings is 1. The van der Waals surface area contributed by atoms with Gasteiger partial charge in [0.15, 0.2) is 0 Å². The van der Waals surface area contributed by atoms with Crippen molar-refractivity contribution in [3.63, 3.8) is 0 Å². The van der Waals surface area contributed by atoms with Crippen molar-refractivity contribution in [3.8, 4) is 5.75 Å². The highest BCUT2D eigenvalue weighted by molar-refractivity contribution is 5.83. The normalized spacial score (nSPS) is 19.7. The Morgan fingerprint density at radius 1 is 1.21 bits per heavy atom. The van der Waals surface area contributed by atoms with Crippen LogP contribution in [-0.4, -0.2) is 58.3 Å². The number of rotatable bonds is 6. The zero-order valence-electron chi connectivity index (χ0n) is 19.1. The first-order valence-corrected chi connectivity index (χ1v) is 11.1. The van der Waals surface area contributed by atoms with Crippen molar-refractivity contribution >= 4 is 12.0 Å². The van der Waals surface area contributed by atoms with Gasteiger partial charge in [-0.1, -0.05) is 30.3 Å². The number of halogens is 2. The van der Waals surface area contributed by atoms with Crippen LogP contribution in [0.5, 0.6) is 5.75 Å². The number of ether oxygens (including phenoxy) is 3. The number of aromatic nitrogens is 1. The van der Waals surface area contributed by atoms with Crippen molar-refractivity contribution in [1.29, 1.82) is 0 Å². The maximum Gasteiger partial charge on any atom is 0.410 e. The van der Waals surface area contributed by atoms with Crippen molar-refractivity contribution in [1.82, 2.24) is 14.8 Å². The molecular weight excluding hydrogens is 448 g/mol. The lowest BCUT2D eigenvalue weighted by Gasteiger charge is -2.43. The number of hydrogen-bond acceptors (Lipinski definition) is 6. The minimum absolute atomic E-state index is 0.0363. The van der Waals surface area contributed by atoms with Gasteiger partial charge in [0, 0.05) is 31.6 Å². The predicted molar refractivity (Wildman–Crippen MR) is 117 cm³/mol. The molecule has 1 atom stereocenters. The van der Waals surface area contributed by atoms with Crippen LogP contribution in [0.1, 0.15) is 36.7 Å². The first-order valence-electron chi connectivity index (χ1n) is 11.1. The molecule has 4 rings (SSSR count). The Morgan fingerprint density at radius 2 is 1.91 bits per heavy atom. The maximum absolute atomic E-state index is 13.0. The maximum atomic E-state index is 13.0. The number of piperidine rings is 1. The average Bonchev–Trinajstić information content (AvgIpc) is 3.04. The van der Waals surface area contributed by atoms with Crippen LogP contribution in [0.4, 0.5) is 13.6 Å². The Balaban J connectivity index is 1.45. The van der Waals surface area contributed by atoms with Gasteiger partial charge in [0.05, 0.1) is 6.54 Å². The summed E-state index contributed by atoms with van der Waals surface area (Å²) in [7, 11) is 0. The number of hydrogen-bond donors (Lipinski definition) is 0. The highest BCUT2D eigenvalue weighted by Gasteiger charge is 2.52. The van der Waals surface area contributed by atoms with E-state index in [1.165, 1.54) is 11.0 Å². The van der Waals surface area contributed by atoms with Crippen LogP contribution >= 0.6 is 0 Å². The van der Waals surface area contributed by atoms with E-state index in [1.54, 1.807) is 24.8 Å². The van der Waals surface area contributed by atoms with E-state index >= 15 is 0 Å². The number of carbonyl (C=O) groups excluding carboxylic acids is 2. The topological polar surface area (TPSA) is 81.2 Å². The molecule has 34 heavy (non-hydrogen) atoms. The van der Waals surface area contributed by atoms with Gasteiger partial charge in [0.2, 0.25) is 0 Å². The van der Waals surface area contributed by atoms with Gasteiger partial charge in [0.1, 0.15) is 29.9 Å². The number of pyridine rings is 1. The molecule has 2 amide bonds. The molecule has 8 nitrogen and oxygen atoms in total. The Hall–Kier alpha value is -3.27. The number of aryl methyl sites for hydroxylation is 1. The largest absolute Gasteiger partial charge is 0.445 e. The predicted octanol–water partition coefficient (Wildman–Crippen LogP) is 3.87. The number of carbonyl (C=O) groups is 2. The quantitative estimate of drug-likeness (QED) is 0.631. The molecule has 2 saturated heterocycles. The van der Waals surface area contributed by atoms with E-state index in [4.69, 9.17) is 9.47 Å². The van der Waals surface area contributed by atoms with Crippen LogP contribution < -0.4 is 4.74 Å². The summed E-state index contributed by atoms with van der Waals surface area (Å²) in [6, 6.07) is 12.4. The Morgan fingerprint density at radius 3 is 2.59 bits per heavy atom. The first-order chi connectivity index (χ1) is 16.3. The number of amides is 2. The Bertz CT molecular complexity index is 1030. The highest BCUT2D eigenvalue weighted by atomic mass is 19.3. The fraction of sp³-hybridized carbons (Fsp3) is 0.458. The summed E-state index contributed by atoms with van der Waals surface area (Å²) in [6.45, 7) is 1.17. The third kappa shape index (κ3) is 5.11. The first kappa shape index (κ1) is 23.9. The second-order valence-electron chi connectivity index (χ2n) is 8.43. The van der Waals surface area contributed by atoms with Crippen molar-refractivity contribution in [3.05, 3.63) is 59.4 Å². The van der Waals surface area contributed by atoms with Gasteiger partial charge >= 0.3 is 12.7 Å². The fourth-order valence-corrected chi connectivity index (χ4v) is 4.39. The summed E-state index contributed by atoms with van der Waals surface area (Å²) in [4.78, 5) is 32.9. The summed E-state index contributed by atoms with van der Waals surface area (Å²) in [5.41, 5.74) is 0.777. The van der Waals surface area contributed by atoms with Gasteiger partial charge < -0.3 is 24.0 Å². The molecule has 2 aliphatic heterocycles. The van der Waals surface area contributed by atoms with Gasteiger partial charge in [-0.3, -0.25) is 9.78 Å². The molecule has 1 spiro atoms. The van der Waals surface area contributed by atoms with Crippen molar-refractivity contribution in [2.75, 3.05) is 13.1 Å². The van der Waals surface area contributed by atoms with Crippen LogP contribution in [0.2, 0.25) is 0 Å². The van der Waals surface area contributed by atoms with E-state index in [1.807, 2.05) is 30.3 Å². The van der Waals surface area contributed by atoms with Gasteiger partial charge in [0.25, 0.3) is 5.91 Å². The monoisotopic (exact) mass is 475 g/mol. The van der Waals surface area contributed by atoms with Gasteiger partial charge in [-0.25, -0.2) is 4.79 Å². The Kier molecular flexibility index (Phi) is 6.97. The van der Waals surface area contributed by atoms with E-state index in [2.05, 4.69) is 9.72 Å². The minimum Gasteiger partial charge on any atom is -0.445 e. The number of nitrogens with zero attached hydrogens (tertiary/aromatic N) is 3. The second kappa shape index (κ2) is 9.92. The van der Waals surface area contributed by atoms with Crippen molar-refractivity contribution in [2.45, 2.75) is 58.3 Å². The van der Waals surface area contributed by atoms with E-state index in [0.29, 0.717) is 31.6 Å². The Labute approximate surface area is 196 Å². The molecule has 10 heteroatoms. The molecule has 2 fully saturated rings. The zero-order valence-corrected chi connectivity index (χ0v) is 19.1. The molecule has 1 aromatic carbocycles. The molecule has 0 radical (unpaired) electrons. The molecule has 0 unspecified atom stereocenters. The summed E-state index contributed by atoms with van der Waals surface area (Å²) >= 11 is 0. The molecule has 0 bridgehead atoms. The zero-order chi connectivity index (χ0) is 24.3. The standard InChI is InChI=1S/C24H27F2N3O5/c1-16-8-9-20(33-22(25)26)19(27-16)14-29-21(30)17(2)34-24(29)10-12-28(13-11-24)23(31)32-15-18-6-4-3-5-7-18/h3-9,17,22H,10-15H2,1-2H3/t17-/m1/s1. The van der Waals surface area contributed by atoms with E-state index < -0.39 is 24.5 Å². The van der Waals surface area contributed by atoms with Crippen molar-refractivity contribution < 1.29 is 32.6 Å². The van der Waals surface area contributed by atoms with Gasteiger partial charge in [-0.2, -0.15) is 8.78 Å². The molecule has 2 aromatic rings. The molecule has 0 aliphatic carbocycles. The van der Waals surface area contributed by atoms with Crippen LogP contribution in [0.3, 0.4) is 0 Å². The van der Waals surface area contributed by atoms with E-state index in [9.17, 15) is 18.4 Å². The third-order valence-electron chi connectivity index (χ3n) is 6.11. The van der Waals surface area contributed by atoms with E-state index in [-0.39, 0.29) is 30.5 Å². The third-order valence-corrected chi connectivity index (χ3v) is 6.11. The highest BCUT2D eigenvalue weighted by Crippen LogP contribution is 2.39. The fourth-order valence-electron chi connectivity index (χ4n) is 4.39. The van der Waals surface area contributed by atoms with Crippen LogP contribution in [-0.2, 0) is 27.4 Å². The number of likely N-dealkylation sites (tertiary alicyclic amines) is 1.